The zero-order valence-corrected chi connectivity index (χ0v) is 18.8. The van der Waals surface area contributed by atoms with Crippen LogP contribution in [0.1, 0.15) is 36.7 Å². The molecule has 3 rings (SSSR count). The summed E-state index contributed by atoms with van der Waals surface area (Å²) < 4.78 is 11.4. The highest BCUT2D eigenvalue weighted by Gasteiger charge is 2.26. The second-order valence-corrected chi connectivity index (χ2v) is 8.20. The minimum Gasteiger partial charge on any atom is -0.472 e. The summed E-state index contributed by atoms with van der Waals surface area (Å²) in [4.78, 5) is 38.4. The Morgan fingerprint density at radius 3 is 2.53 bits per heavy atom. The summed E-state index contributed by atoms with van der Waals surface area (Å²) in [6, 6.07) is 11.0. The third kappa shape index (κ3) is 5.59. The summed E-state index contributed by atoms with van der Waals surface area (Å²) in [6.07, 6.45) is 1.47. The van der Waals surface area contributed by atoms with E-state index < -0.39 is 11.7 Å². The van der Waals surface area contributed by atoms with Crippen LogP contribution in [0.2, 0.25) is 5.15 Å². The van der Waals surface area contributed by atoms with Gasteiger partial charge in [-0.3, -0.25) is 4.79 Å². The molecule has 1 aromatic carbocycles. The smallest absolute Gasteiger partial charge is 0.417 e. The fourth-order valence-electron chi connectivity index (χ4n) is 2.73. The molecule has 0 N–H and O–H groups in total. The van der Waals surface area contributed by atoms with E-state index >= 15 is 0 Å². The van der Waals surface area contributed by atoms with Gasteiger partial charge in [0.25, 0.3) is 0 Å². The predicted octanol–water partition coefficient (Wildman–Crippen LogP) is 5.00. The summed E-state index contributed by atoms with van der Waals surface area (Å²) in [5.41, 5.74) is 0.537. The maximum atomic E-state index is 12.8. The number of benzene rings is 1. The molecule has 2 aromatic heterocycles. The molecule has 3 aromatic rings. The fourth-order valence-corrected chi connectivity index (χ4v) is 2.91. The third-order valence-electron chi connectivity index (χ3n) is 4.13. The number of nitrogens with zero attached hydrogens (tertiary/aromatic N) is 4. The molecule has 166 valence electrons. The van der Waals surface area contributed by atoms with Crippen LogP contribution in [0.15, 0.2) is 49.1 Å². The zero-order valence-electron chi connectivity index (χ0n) is 18.0. The Bertz CT molecular complexity index is 1150. The number of aromatic nitrogens is 3. The van der Waals surface area contributed by atoms with Crippen LogP contribution in [-0.2, 0) is 11.3 Å². The predicted molar refractivity (Wildman–Crippen MR) is 122 cm³/mol. The van der Waals surface area contributed by atoms with Gasteiger partial charge >= 0.3 is 6.09 Å². The minimum absolute atomic E-state index is 0.0112. The second kappa shape index (κ2) is 9.74. The van der Waals surface area contributed by atoms with E-state index in [1.807, 2.05) is 30.3 Å². The number of carbonyl (C=O) groups is 2. The van der Waals surface area contributed by atoms with Gasteiger partial charge < -0.3 is 9.47 Å². The van der Waals surface area contributed by atoms with Crippen molar-refractivity contribution in [2.75, 3.05) is 11.4 Å². The number of aldehydes is 1. The second-order valence-electron chi connectivity index (χ2n) is 7.84. The standard InChI is InChI=1S/C23H23ClN4O4/c1-5-11-28(22(30)32-23(2,3)4)21-26-19-17(12-16(13-29)18(24)25-19)20(27-21)31-14-15-9-7-6-8-10-15/h5-10,12-13H,1,11,14H2,2-4H3. The van der Waals surface area contributed by atoms with Crippen molar-refractivity contribution in [3.8, 4) is 5.88 Å². The molecule has 8 nitrogen and oxygen atoms in total. The topological polar surface area (TPSA) is 94.5 Å². The lowest BCUT2D eigenvalue weighted by atomic mass is 10.2. The van der Waals surface area contributed by atoms with Gasteiger partial charge in [-0.1, -0.05) is 48.0 Å². The number of fused-ring (bicyclic) bond motifs is 1. The molecular weight excluding hydrogens is 432 g/mol. The lowest BCUT2D eigenvalue weighted by molar-refractivity contribution is 0.0582. The number of ether oxygens (including phenoxy) is 2. The Morgan fingerprint density at radius 2 is 1.91 bits per heavy atom. The van der Waals surface area contributed by atoms with Crippen LogP contribution in [0.3, 0.4) is 0 Å². The molecular formula is C23H23ClN4O4. The highest BCUT2D eigenvalue weighted by molar-refractivity contribution is 6.32. The first-order valence-corrected chi connectivity index (χ1v) is 10.2. The van der Waals surface area contributed by atoms with Gasteiger partial charge in [-0.2, -0.15) is 9.97 Å². The first kappa shape index (κ1) is 23.1. The van der Waals surface area contributed by atoms with E-state index in [9.17, 15) is 9.59 Å². The number of hydrogen-bond donors (Lipinski definition) is 0. The summed E-state index contributed by atoms with van der Waals surface area (Å²) in [7, 11) is 0. The van der Waals surface area contributed by atoms with E-state index in [2.05, 4.69) is 21.5 Å². The van der Waals surface area contributed by atoms with Gasteiger partial charge in [0.15, 0.2) is 11.9 Å². The number of hydrogen-bond acceptors (Lipinski definition) is 7. The Kier molecular flexibility index (Phi) is 7.05. The number of anilines is 1. The van der Waals surface area contributed by atoms with Gasteiger partial charge in [0.05, 0.1) is 17.5 Å². The highest BCUT2D eigenvalue weighted by atomic mass is 35.5. The Hall–Kier alpha value is -3.52. The van der Waals surface area contributed by atoms with E-state index in [-0.39, 0.29) is 41.3 Å². The van der Waals surface area contributed by atoms with Crippen molar-refractivity contribution < 1.29 is 19.1 Å². The Labute approximate surface area is 190 Å². The van der Waals surface area contributed by atoms with Crippen molar-refractivity contribution >= 4 is 41.0 Å². The summed E-state index contributed by atoms with van der Waals surface area (Å²) in [6.45, 7) is 9.27. The van der Waals surface area contributed by atoms with Gasteiger partial charge in [-0.25, -0.2) is 14.7 Å². The molecule has 0 fully saturated rings. The van der Waals surface area contributed by atoms with Gasteiger partial charge in [-0.05, 0) is 32.4 Å². The molecule has 0 unspecified atom stereocenters. The molecule has 0 spiro atoms. The van der Waals surface area contributed by atoms with Crippen molar-refractivity contribution in [3.63, 3.8) is 0 Å². The zero-order chi connectivity index (χ0) is 23.3. The minimum atomic E-state index is -0.722. The van der Waals surface area contributed by atoms with E-state index in [1.165, 1.54) is 17.0 Å². The fraction of sp³-hybridized carbons (Fsp3) is 0.261. The molecule has 1 amide bonds. The molecule has 0 aliphatic heterocycles. The molecule has 0 radical (unpaired) electrons. The number of carbonyl (C=O) groups excluding carboxylic acids is 2. The van der Waals surface area contributed by atoms with Crippen LogP contribution >= 0.6 is 11.6 Å². The van der Waals surface area contributed by atoms with Gasteiger partial charge in [-0.15, -0.1) is 6.58 Å². The number of amides is 1. The molecule has 9 heteroatoms. The number of rotatable bonds is 7. The van der Waals surface area contributed by atoms with Crippen molar-refractivity contribution in [3.05, 3.63) is 65.3 Å². The van der Waals surface area contributed by atoms with Crippen molar-refractivity contribution in [1.29, 1.82) is 0 Å². The molecule has 2 heterocycles. The third-order valence-corrected chi connectivity index (χ3v) is 4.44. The summed E-state index contributed by atoms with van der Waals surface area (Å²) in [5, 5.41) is 0.373. The SMILES string of the molecule is C=CCN(C(=O)OC(C)(C)C)c1nc(OCc2ccccc2)c2cc(C=O)c(Cl)nc2n1. The van der Waals surface area contributed by atoms with Crippen LogP contribution in [0.4, 0.5) is 10.7 Å². The van der Waals surface area contributed by atoms with E-state index in [0.29, 0.717) is 11.7 Å². The summed E-state index contributed by atoms with van der Waals surface area (Å²) >= 11 is 6.11. The largest absolute Gasteiger partial charge is 0.472 e. The van der Waals surface area contributed by atoms with Gasteiger partial charge in [0, 0.05) is 0 Å². The van der Waals surface area contributed by atoms with E-state index in [4.69, 9.17) is 21.1 Å². The Balaban J connectivity index is 2.10. The maximum Gasteiger partial charge on any atom is 0.417 e. The number of halogens is 1. The molecule has 32 heavy (non-hydrogen) atoms. The maximum absolute atomic E-state index is 12.8. The lowest BCUT2D eigenvalue weighted by Crippen LogP contribution is -2.38. The molecule has 0 bridgehead atoms. The molecule has 0 aliphatic carbocycles. The Morgan fingerprint density at radius 1 is 1.19 bits per heavy atom. The van der Waals surface area contributed by atoms with E-state index in [0.717, 1.165) is 5.56 Å². The van der Waals surface area contributed by atoms with Crippen LogP contribution in [0.25, 0.3) is 11.0 Å². The van der Waals surface area contributed by atoms with Crippen molar-refractivity contribution in [2.24, 2.45) is 0 Å². The van der Waals surface area contributed by atoms with Crippen LogP contribution < -0.4 is 9.64 Å². The lowest BCUT2D eigenvalue weighted by Gasteiger charge is -2.25. The average molecular weight is 455 g/mol. The van der Waals surface area contributed by atoms with Crippen LogP contribution in [0, 0.1) is 0 Å². The van der Waals surface area contributed by atoms with Gasteiger partial charge in [0.2, 0.25) is 11.8 Å². The van der Waals surface area contributed by atoms with Crippen molar-refractivity contribution in [2.45, 2.75) is 33.0 Å². The van der Waals surface area contributed by atoms with Crippen LogP contribution in [0.5, 0.6) is 5.88 Å². The van der Waals surface area contributed by atoms with E-state index in [1.54, 1.807) is 20.8 Å². The molecule has 0 saturated carbocycles. The monoisotopic (exact) mass is 454 g/mol. The van der Waals surface area contributed by atoms with Crippen molar-refractivity contribution in [1.82, 2.24) is 15.0 Å². The molecule has 0 aliphatic rings. The normalized spacial score (nSPS) is 11.1. The first-order chi connectivity index (χ1) is 15.2. The quantitative estimate of drug-likeness (QED) is 0.281. The first-order valence-electron chi connectivity index (χ1n) is 9.83. The van der Waals surface area contributed by atoms with Gasteiger partial charge in [0.1, 0.15) is 17.4 Å². The molecule has 0 atom stereocenters. The average Bonchev–Trinajstić information content (AvgIpc) is 2.74. The highest BCUT2D eigenvalue weighted by Crippen LogP contribution is 2.29. The number of pyridine rings is 1. The molecule has 0 saturated heterocycles. The summed E-state index contributed by atoms with van der Waals surface area (Å²) in [5.74, 6) is 0.163. The van der Waals surface area contributed by atoms with Crippen LogP contribution in [-0.4, -0.2) is 39.5 Å².